The number of amides is 1. The standard InChI is InChI=1S/C8H15NO2/c1-6(5-11-2)8(10)9-7-3-4-7/h6-7H,3-5H2,1-2H3,(H,9,10). The molecule has 0 saturated heterocycles. The molecule has 1 aliphatic carbocycles. The number of methoxy groups -OCH3 is 1. The van der Waals surface area contributed by atoms with Crippen molar-refractivity contribution in [1.29, 1.82) is 0 Å². The molecule has 11 heavy (non-hydrogen) atoms. The second kappa shape index (κ2) is 3.72. The molecular formula is C8H15NO2. The summed E-state index contributed by atoms with van der Waals surface area (Å²) in [4.78, 5) is 11.2. The number of ether oxygens (including phenoxy) is 1. The first-order valence-corrected chi connectivity index (χ1v) is 4.03. The Morgan fingerprint density at radius 1 is 1.73 bits per heavy atom. The van der Waals surface area contributed by atoms with Crippen LogP contribution in [0.4, 0.5) is 0 Å². The Morgan fingerprint density at radius 3 is 2.82 bits per heavy atom. The van der Waals surface area contributed by atoms with Crippen LogP contribution in [0.5, 0.6) is 0 Å². The highest BCUT2D eigenvalue weighted by Gasteiger charge is 2.25. The molecule has 1 saturated carbocycles. The summed E-state index contributed by atoms with van der Waals surface area (Å²) in [6.45, 7) is 2.39. The molecule has 3 heteroatoms. The van der Waals surface area contributed by atoms with Crippen molar-refractivity contribution in [3.05, 3.63) is 0 Å². The van der Waals surface area contributed by atoms with Gasteiger partial charge in [-0.3, -0.25) is 4.79 Å². The molecule has 1 N–H and O–H groups in total. The average Bonchev–Trinajstić information content (AvgIpc) is 2.72. The maximum atomic E-state index is 11.2. The van der Waals surface area contributed by atoms with E-state index in [2.05, 4.69) is 5.32 Å². The number of hydrogen-bond acceptors (Lipinski definition) is 2. The average molecular weight is 157 g/mol. The molecule has 1 rings (SSSR count). The molecule has 1 fully saturated rings. The minimum Gasteiger partial charge on any atom is -0.384 e. The van der Waals surface area contributed by atoms with Gasteiger partial charge in [0.05, 0.1) is 12.5 Å². The van der Waals surface area contributed by atoms with Gasteiger partial charge in [-0.1, -0.05) is 6.92 Å². The summed E-state index contributed by atoms with van der Waals surface area (Å²) < 4.78 is 4.87. The molecule has 0 heterocycles. The van der Waals surface area contributed by atoms with E-state index < -0.39 is 0 Å². The fraction of sp³-hybridized carbons (Fsp3) is 0.875. The van der Waals surface area contributed by atoms with Crippen molar-refractivity contribution in [3.8, 4) is 0 Å². The van der Waals surface area contributed by atoms with Crippen LogP contribution < -0.4 is 5.32 Å². The van der Waals surface area contributed by atoms with Crippen LogP contribution in [0.2, 0.25) is 0 Å². The van der Waals surface area contributed by atoms with Crippen LogP contribution in [0.1, 0.15) is 19.8 Å². The molecule has 1 aliphatic rings. The fourth-order valence-corrected chi connectivity index (χ4v) is 0.897. The zero-order valence-corrected chi connectivity index (χ0v) is 7.09. The zero-order chi connectivity index (χ0) is 8.27. The van der Waals surface area contributed by atoms with Gasteiger partial charge in [0.25, 0.3) is 0 Å². The van der Waals surface area contributed by atoms with Crippen LogP contribution in [-0.2, 0) is 9.53 Å². The van der Waals surface area contributed by atoms with Crippen LogP contribution >= 0.6 is 0 Å². The summed E-state index contributed by atoms with van der Waals surface area (Å²) in [5, 5.41) is 2.92. The summed E-state index contributed by atoms with van der Waals surface area (Å²) in [5.74, 6) is 0.106. The van der Waals surface area contributed by atoms with E-state index in [-0.39, 0.29) is 11.8 Å². The first kappa shape index (κ1) is 8.53. The summed E-state index contributed by atoms with van der Waals surface area (Å²) in [6.07, 6.45) is 2.29. The third-order valence-corrected chi connectivity index (χ3v) is 1.79. The van der Waals surface area contributed by atoms with Gasteiger partial charge in [0.2, 0.25) is 5.91 Å². The van der Waals surface area contributed by atoms with Gasteiger partial charge in [-0.15, -0.1) is 0 Å². The highest BCUT2D eigenvalue weighted by atomic mass is 16.5. The Kier molecular flexibility index (Phi) is 2.88. The van der Waals surface area contributed by atoms with E-state index >= 15 is 0 Å². The van der Waals surface area contributed by atoms with Gasteiger partial charge in [0, 0.05) is 13.2 Å². The topological polar surface area (TPSA) is 38.3 Å². The maximum Gasteiger partial charge on any atom is 0.225 e. The van der Waals surface area contributed by atoms with Crippen LogP contribution in [0, 0.1) is 5.92 Å². The predicted molar refractivity (Wildman–Crippen MR) is 42.2 cm³/mol. The third kappa shape index (κ3) is 2.89. The number of hydrogen-bond donors (Lipinski definition) is 1. The van der Waals surface area contributed by atoms with Crippen molar-refractivity contribution >= 4 is 5.91 Å². The van der Waals surface area contributed by atoms with Gasteiger partial charge in [-0.25, -0.2) is 0 Å². The molecule has 0 spiro atoms. The van der Waals surface area contributed by atoms with Crippen molar-refractivity contribution < 1.29 is 9.53 Å². The summed E-state index contributed by atoms with van der Waals surface area (Å²) in [7, 11) is 1.61. The predicted octanol–water partition coefficient (Wildman–Crippen LogP) is 0.547. The van der Waals surface area contributed by atoms with Gasteiger partial charge in [-0.05, 0) is 12.8 Å². The first-order chi connectivity index (χ1) is 5.24. The Labute approximate surface area is 67.1 Å². The molecule has 1 unspecified atom stereocenters. The molecule has 0 aromatic heterocycles. The highest BCUT2D eigenvalue weighted by Crippen LogP contribution is 2.19. The SMILES string of the molecule is COCC(C)C(=O)NC1CC1. The quantitative estimate of drug-likeness (QED) is 0.647. The molecule has 3 nitrogen and oxygen atoms in total. The second-order valence-corrected chi connectivity index (χ2v) is 3.14. The van der Waals surface area contributed by atoms with Gasteiger partial charge >= 0.3 is 0 Å². The molecule has 0 aliphatic heterocycles. The van der Waals surface area contributed by atoms with Crippen LogP contribution in [0.3, 0.4) is 0 Å². The second-order valence-electron chi connectivity index (χ2n) is 3.14. The lowest BCUT2D eigenvalue weighted by atomic mass is 10.2. The van der Waals surface area contributed by atoms with Crippen molar-refractivity contribution in [2.45, 2.75) is 25.8 Å². The van der Waals surface area contributed by atoms with Crippen LogP contribution in [0.15, 0.2) is 0 Å². The molecular weight excluding hydrogens is 142 g/mol. The normalized spacial score (nSPS) is 19.5. The number of rotatable bonds is 4. The summed E-state index contributed by atoms with van der Waals surface area (Å²) >= 11 is 0. The van der Waals surface area contributed by atoms with E-state index in [0.717, 1.165) is 12.8 Å². The summed E-state index contributed by atoms with van der Waals surface area (Å²) in [6, 6.07) is 0.460. The fourth-order valence-electron chi connectivity index (χ4n) is 0.897. The molecule has 1 atom stereocenters. The van der Waals surface area contributed by atoms with E-state index in [4.69, 9.17) is 4.74 Å². The van der Waals surface area contributed by atoms with E-state index in [0.29, 0.717) is 12.6 Å². The molecule has 0 bridgehead atoms. The Hall–Kier alpha value is -0.570. The number of nitrogens with one attached hydrogen (secondary N) is 1. The summed E-state index contributed by atoms with van der Waals surface area (Å²) in [5.41, 5.74) is 0. The Balaban J connectivity index is 2.15. The van der Waals surface area contributed by atoms with E-state index in [1.54, 1.807) is 7.11 Å². The zero-order valence-electron chi connectivity index (χ0n) is 7.09. The molecule has 64 valence electrons. The highest BCUT2D eigenvalue weighted by molar-refractivity contribution is 5.78. The molecule has 0 aromatic rings. The maximum absolute atomic E-state index is 11.2. The van der Waals surface area contributed by atoms with Crippen molar-refractivity contribution in [2.24, 2.45) is 5.92 Å². The lowest BCUT2D eigenvalue weighted by molar-refractivity contribution is -0.126. The number of carbonyl (C=O) groups excluding carboxylic acids is 1. The Morgan fingerprint density at radius 2 is 2.36 bits per heavy atom. The van der Waals surface area contributed by atoms with Gasteiger partial charge in [0.15, 0.2) is 0 Å². The first-order valence-electron chi connectivity index (χ1n) is 4.03. The van der Waals surface area contributed by atoms with Gasteiger partial charge in [-0.2, -0.15) is 0 Å². The van der Waals surface area contributed by atoms with E-state index in [1.165, 1.54) is 0 Å². The minimum atomic E-state index is -0.0133. The minimum absolute atomic E-state index is 0.0133. The van der Waals surface area contributed by atoms with Crippen LogP contribution in [0.25, 0.3) is 0 Å². The van der Waals surface area contributed by atoms with Gasteiger partial charge < -0.3 is 10.1 Å². The van der Waals surface area contributed by atoms with Crippen molar-refractivity contribution in [1.82, 2.24) is 5.32 Å². The van der Waals surface area contributed by atoms with E-state index in [9.17, 15) is 4.79 Å². The van der Waals surface area contributed by atoms with Crippen molar-refractivity contribution in [2.75, 3.05) is 13.7 Å². The molecule has 1 amide bonds. The smallest absolute Gasteiger partial charge is 0.225 e. The molecule has 0 aromatic carbocycles. The lowest BCUT2D eigenvalue weighted by Crippen LogP contribution is -2.32. The third-order valence-electron chi connectivity index (χ3n) is 1.79. The largest absolute Gasteiger partial charge is 0.384 e. The lowest BCUT2D eigenvalue weighted by Gasteiger charge is -2.09. The number of carbonyl (C=O) groups is 1. The van der Waals surface area contributed by atoms with E-state index in [1.807, 2.05) is 6.92 Å². The molecule has 0 radical (unpaired) electrons. The van der Waals surface area contributed by atoms with Gasteiger partial charge in [0.1, 0.15) is 0 Å². The monoisotopic (exact) mass is 157 g/mol. The van der Waals surface area contributed by atoms with Crippen LogP contribution in [-0.4, -0.2) is 25.7 Å². The Bertz CT molecular complexity index is 143. The van der Waals surface area contributed by atoms with Crippen molar-refractivity contribution in [3.63, 3.8) is 0 Å².